The van der Waals surface area contributed by atoms with E-state index in [-0.39, 0.29) is 11.7 Å². The SMILES string of the molecule is CN(C(=O)c1cc(S)ccc1Br)c1cccc(F)c1. The quantitative estimate of drug-likeness (QED) is 0.815. The molecule has 98 valence electrons. The van der Waals surface area contributed by atoms with Crippen LogP contribution in [0.5, 0.6) is 0 Å². The van der Waals surface area contributed by atoms with Crippen LogP contribution in [0.2, 0.25) is 0 Å². The molecule has 0 aromatic heterocycles. The fourth-order valence-electron chi connectivity index (χ4n) is 1.66. The van der Waals surface area contributed by atoms with Gasteiger partial charge in [-0.1, -0.05) is 6.07 Å². The largest absolute Gasteiger partial charge is 0.311 e. The Hall–Kier alpha value is -1.33. The number of thiol groups is 1. The molecule has 0 aliphatic carbocycles. The molecule has 0 fully saturated rings. The van der Waals surface area contributed by atoms with Crippen molar-refractivity contribution in [1.29, 1.82) is 0 Å². The van der Waals surface area contributed by atoms with Crippen molar-refractivity contribution < 1.29 is 9.18 Å². The molecule has 0 aliphatic heterocycles. The van der Waals surface area contributed by atoms with E-state index in [1.165, 1.54) is 17.0 Å². The molecule has 5 heteroatoms. The summed E-state index contributed by atoms with van der Waals surface area (Å²) in [5.41, 5.74) is 0.987. The maximum Gasteiger partial charge on any atom is 0.259 e. The molecule has 0 bridgehead atoms. The zero-order chi connectivity index (χ0) is 14.0. The lowest BCUT2D eigenvalue weighted by Crippen LogP contribution is -2.26. The minimum absolute atomic E-state index is 0.228. The second-order valence-electron chi connectivity index (χ2n) is 4.01. The van der Waals surface area contributed by atoms with Crippen molar-refractivity contribution in [3.8, 4) is 0 Å². The van der Waals surface area contributed by atoms with Gasteiger partial charge in [-0.3, -0.25) is 4.79 Å². The first-order valence-electron chi connectivity index (χ1n) is 5.51. The van der Waals surface area contributed by atoms with Crippen LogP contribution >= 0.6 is 28.6 Å². The van der Waals surface area contributed by atoms with Crippen LogP contribution in [-0.4, -0.2) is 13.0 Å². The molecule has 0 saturated carbocycles. The number of anilines is 1. The summed E-state index contributed by atoms with van der Waals surface area (Å²) in [6, 6.07) is 11.1. The van der Waals surface area contributed by atoms with Crippen molar-refractivity contribution in [3.63, 3.8) is 0 Å². The van der Waals surface area contributed by atoms with Gasteiger partial charge in [0, 0.05) is 22.1 Å². The minimum atomic E-state index is -0.376. The molecule has 2 aromatic rings. The van der Waals surface area contributed by atoms with Crippen molar-refractivity contribution in [2.24, 2.45) is 0 Å². The van der Waals surface area contributed by atoms with Crippen molar-refractivity contribution in [2.45, 2.75) is 4.90 Å². The maximum absolute atomic E-state index is 13.2. The van der Waals surface area contributed by atoms with Crippen LogP contribution in [0.25, 0.3) is 0 Å². The van der Waals surface area contributed by atoms with Crippen LogP contribution in [0.15, 0.2) is 51.8 Å². The van der Waals surface area contributed by atoms with E-state index < -0.39 is 0 Å². The number of amides is 1. The first-order chi connectivity index (χ1) is 8.99. The first kappa shape index (κ1) is 14.1. The highest BCUT2D eigenvalue weighted by Crippen LogP contribution is 2.24. The highest BCUT2D eigenvalue weighted by molar-refractivity contribution is 9.10. The molecule has 0 N–H and O–H groups in total. The number of carbonyl (C=O) groups is 1. The van der Waals surface area contributed by atoms with Crippen LogP contribution < -0.4 is 4.90 Å². The highest BCUT2D eigenvalue weighted by Gasteiger charge is 2.16. The Balaban J connectivity index is 2.36. The van der Waals surface area contributed by atoms with Crippen LogP contribution in [0.3, 0.4) is 0 Å². The van der Waals surface area contributed by atoms with Gasteiger partial charge in [-0.2, -0.15) is 0 Å². The lowest BCUT2D eigenvalue weighted by atomic mass is 10.2. The topological polar surface area (TPSA) is 20.3 Å². The Labute approximate surface area is 124 Å². The van der Waals surface area contributed by atoms with E-state index >= 15 is 0 Å². The minimum Gasteiger partial charge on any atom is -0.311 e. The highest BCUT2D eigenvalue weighted by atomic mass is 79.9. The molecule has 0 unspecified atom stereocenters. The van der Waals surface area contributed by atoms with E-state index in [1.54, 1.807) is 37.4 Å². The smallest absolute Gasteiger partial charge is 0.259 e. The number of halogens is 2. The third-order valence-corrected chi connectivity index (χ3v) is 3.65. The van der Waals surface area contributed by atoms with Gasteiger partial charge in [0.25, 0.3) is 5.91 Å². The average molecular weight is 340 g/mol. The van der Waals surface area contributed by atoms with Crippen LogP contribution in [-0.2, 0) is 0 Å². The van der Waals surface area contributed by atoms with Crippen LogP contribution in [0.4, 0.5) is 10.1 Å². The molecule has 19 heavy (non-hydrogen) atoms. The molecule has 0 spiro atoms. The van der Waals surface area contributed by atoms with Gasteiger partial charge in [0.15, 0.2) is 0 Å². The number of benzene rings is 2. The van der Waals surface area contributed by atoms with Crippen molar-refractivity contribution in [2.75, 3.05) is 11.9 Å². The van der Waals surface area contributed by atoms with Gasteiger partial charge in [0.2, 0.25) is 0 Å². The van der Waals surface area contributed by atoms with E-state index in [0.717, 1.165) is 0 Å². The Kier molecular flexibility index (Phi) is 4.27. The number of hydrogen-bond acceptors (Lipinski definition) is 2. The number of hydrogen-bond donors (Lipinski definition) is 1. The Morgan fingerprint density at radius 3 is 2.68 bits per heavy atom. The molecule has 2 nitrogen and oxygen atoms in total. The fourth-order valence-corrected chi connectivity index (χ4v) is 2.28. The third kappa shape index (κ3) is 3.16. The molecule has 2 aromatic carbocycles. The molecule has 0 atom stereocenters. The maximum atomic E-state index is 13.2. The zero-order valence-electron chi connectivity index (χ0n) is 10.1. The summed E-state index contributed by atoms with van der Waals surface area (Å²) in [7, 11) is 1.61. The lowest BCUT2D eigenvalue weighted by Gasteiger charge is -2.18. The van der Waals surface area contributed by atoms with Crippen molar-refractivity contribution >= 4 is 40.2 Å². The van der Waals surface area contributed by atoms with Crippen LogP contribution in [0.1, 0.15) is 10.4 Å². The summed E-state index contributed by atoms with van der Waals surface area (Å²) in [6.45, 7) is 0. The normalized spacial score (nSPS) is 10.3. The second kappa shape index (κ2) is 5.75. The summed E-state index contributed by atoms with van der Waals surface area (Å²) >= 11 is 7.55. The van der Waals surface area contributed by atoms with E-state index in [4.69, 9.17) is 0 Å². The molecule has 1 amide bonds. The summed E-state index contributed by atoms with van der Waals surface area (Å²) < 4.78 is 13.9. The van der Waals surface area contributed by atoms with Crippen molar-refractivity contribution in [3.05, 3.63) is 58.3 Å². The van der Waals surface area contributed by atoms with Crippen LogP contribution in [0, 0.1) is 5.82 Å². The Bertz CT molecular complexity index is 633. The molecule has 0 radical (unpaired) electrons. The van der Waals surface area contributed by atoms with Gasteiger partial charge in [-0.25, -0.2) is 4.39 Å². The van der Waals surface area contributed by atoms with Gasteiger partial charge in [0.1, 0.15) is 5.82 Å². The predicted octanol–water partition coefficient (Wildman–Crippen LogP) is 4.15. The predicted molar refractivity (Wildman–Crippen MR) is 80.5 cm³/mol. The van der Waals surface area contributed by atoms with Gasteiger partial charge in [0.05, 0.1) is 5.56 Å². The molecular formula is C14H11BrFNOS. The second-order valence-corrected chi connectivity index (χ2v) is 5.38. The van der Waals surface area contributed by atoms with Gasteiger partial charge in [-0.15, -0.1) is 12.6 Å². The van der Waals surface area contributed by atoms with E-state index in [2.05, 4.69) is 28.6 Å². The molecule has 0 aliphatic rings. The average Bonchev–Trinajstić information content (AvgIpc) is 2.40. The molecule has 0 saturated heterocycles. The zero-order valence-corrected chi connectivity index (χ0v) is 12.6. The molecular weight excluding hydrogens is 329 g/mol. The molecule has 2 rings (SSSR count). The van der Waals surface area contributed by atoms with E-state index in [0.29, 0.717) is 20.6 Å². The van der Waals surface area contributed by atoms with Crippen molar-refractivity contribution in [1.82, 2.24) is 0 Å². The number of carbonyl (C=O) groups excluding carboxylic acids is 1. The van der Waals surface area contributed by atoms with Gasteiger partial charge >= 0.3 is 0 Å². The molecule has 0 heterocycles. The summed E-state index contributed by atoms with van der Waals surface area (Å²) in [5.74, 6) is -0.604. The summed E-state index contributed by atoms with van der Waals surface area (Å²) in [5, 5.41) is 0. The third-order valence-electron chi connectivity index (χ3n) is 2.68. The number of rotatable bonds is 2. The Morgan fingerprint density at radius 2 is 2.00 bits per heavy atom. The number of nitrogens with zero attached hydrogens (tertiary/aromatic N) is 1. The Morgan fingerprint density at radius 1 is 1.26 bits per heavy atom. The van der Waals surface area contributed by atoms with E-state index in [1.807, 2.05) is 0 Å². The van der Waals surface area contributed by atoms with Gasteiger partial charge < -0.3 is 4.90 Å². The lowest BCUT2D eigenvalue weighted by molar-refractivity contribution is 0.0992. The monoisotopic (exact) mass is 339 g/mol. The van der Waals surface area contributed by atoms with Gasteiger partial charge in [-0.05, 0) is 52.3 Å². The summed E-state index contributed by atoms with van der Waals surface area (Å²) in [6.07, 6.45) is 0. The van der Waals surface area contributed by atoms with E-state index in [9.17, 15) is 9.18 Å². The fraction of sp³-hybridized carbons (Fsp3) is 0.0714. The first-order valence-corrected chi connectivity index (χ1v) is 6.75. The standard InChI is InChI=1S/C14H11BrFNOS/c1-17(10-4-2-3-9(16)7-10)14(18)12-8-11(19)5-6-13(12)15/h2-8,19H,1H3. The summed E-state index contributed by atoms with van der Waals surface area (Å²) in [4.78, 5) is 14.5.